The van der Waals surface area contributed by atoms with Crippen molar-refractivity contribution in [1.29, 1.82) is 0 Å². The average Bonchev–Trinajstić information content (AvgIpc) is 2.60. The number of hydrogen-bond acceptors (Lipinski definition) is 3. The van der Waals surface area contributed by atoms with E-state index in [9.17, 15) is 18.0 Å². The van der Waals surface area contributed by atoms with Crippen molar-refractivity contribution < 1.29 is 27.4 Å². The molecule has 152 valence electrons. The first-order valence-corrected chi connectivity index (χ1v) is 9.84. The van der Waals surface area contributed by atoms with Gasteiger partial charge in [0.05, 0.1) is 24.4 Å². The summed E-state index contributed by atoms with van der Waals surface area (Å²) in [5.74, 6) is 0. The van der Waals surface area contributed by atoms with E-state index in [1.807, 2.05) is 13.8 Å². The van der Waals surface area contributed by atoms with E-state index in [1.165, 1.54) is 0 Å². The number of piperidine rings is 1. The van der Waals surface area contributed by atoms with E-state index in [-0.39, 0.29) is 12.7 Å². The summed E-state index contributed by atoms with van der Waals surface area (Å²) >= 11 is 3.12. The molecule has 1 saturated heterocycles. The molecule has 0 spiro atoms. The van der Waals surface area contributed by atoms with E-state index >= 15 is 0 Å². The Bertz CT molecular complexity index is 644. The minimum absolute atomic E-state index is 0.0833. The summed E-state index contributed by atoms with van der Waals surface area (Å²) in [6.07, 6.45) is -1.69. The zero-order valence-electron chi connectivity index (χ0n) is 15.6. The van der Waals surface area contributed by atoms with Crippen molar-refractivity contribution in [2.75, 3.05) is 19.7 Å². The summed E-state index contributed by atoms with van der Waals surface area (Å²) in [7, 11) is 0. The molecule has 27 heavy (non-hydrogen) atoms. The number of carbonyl (C=O) groups is 1. The molecular formula is C19H25BrF3NO3. The highest BCUT2D eigenvalue weighted by atomic mass is 79.9. The summed E-state index contributed by atoms with van der Waals surface area (Å²) in [6, 6.07) is 3.78. The fraction of sp³-hybridized carbons (Fsp3) is 0.632. The molecule has 0 bridgehead atoms. The third-order valence-electron chi connectivity index (χ3n) is 4.67. The van der Waals surface area contributed by atoms with Crippen LogP contribution in [-0.4, -0.2) is 36.3 Å². The molecule has 0 atom stereocenters. The van der Waals surface area contributed by atoms with Crippen molar-refractivity contribution in [3.8, 4) is 0 Å². The zero-order chi connectivity index (χ0) is 20.1. The minimum Gasteiger partial charge on any atom is -0.449 e. The smallest absolute Gasteiger partial charge is 0.416 e. The van der Waals surface area contributed by atoms with Crippen LogP contribution in [0, 0.1) is 0 Å². The Morgan fingerprint density at radius 1 is 1.26 bits per heavy atom. The van der Waals surface area contributed by atoms with Crippen LogP contribution < -0.4 is 0 Å². The Morgan fingerprint density at radius 2 is 1.93 bits per heavy atom. The van der Waals surface area contributed by atoms with E-state index < -0.39 is 17.3 Å². The summed E-state index contributed by atoms with van der Waals surface area (Å²) in [5.41, 5.74) is -0.731. The van der Waals surface area contributed by atoms with Crippen LogP contribution in [0.1, 0.15) is 50.7 Å². The monoisotopic (exact) mass is 451 g/mol. The third-order valence-corrected chi connectivity index (χ3v) is 5.13. The lowest BCUT2D eigenvalue weighted by Crippen LogP contribution is -2.46. The molecule has 0 aliphatic carbocycles. The molecule has 0 N–H and O–H groups in total. The first-order valence-electron chi connectivity index (χ1n) is 9.05. The summed E-state index contributed by atoms with van der Waals surface area (Å²) < 4.78 is 50.3. The SMILES string of the molecule is CCCCOC(=O)N1CCC(C)(OCc2cc(Br)cc(C(F)(F)F)c2)CC1. The molecule has 1 amide bonds. The molecule has 1 heterocycles. The first kappa shape index (κ1) is 22.0. The van der Waals surface area contributed by atoms with Gasteiger partial charge in [0, 0.05) is 17.6 Å². The van der Waals surface area contributed by atoms with Crippen molar-refractivity contribution in [1.82, 2.24) is 4.90 Å². The zero-order valence-corrected chi connectivity index (χ0v) is 17.2. The van der Waals surface area contributed by atoms with Gasteiger partial charge >= 0.3 is 12.3 Å². The number of amides is 1. The lowest BCUT2D eigenvalue weighted by atomic mass is 9.93. The number of hydrogen-bond donors (Lipinski definition) is 0. The van der Waals surface area contributed by atoms with Crippen molar-refractivity contribution in [2.24, 2.45) is 0 Å². The summed E-state index contributed by atoms with van der Waals surface area (Å²) in [4.78, 5) is 13.6. The van der Waals surface area contributed by atoms with Crippen LogP contribution in [0.25, 0.3) is 0 Å². The number of alkyl halides is 3. The Hall–Kier alpha value is -1.28. The van der Waals surface area contributed by atoms with Crippen molar-refractivity contribution in [2.45, 2.75) is 57.9 Å². The second kappa shape index (κ2) is 9.28. The normalized spacial score (nSPS) is 17.0. The van der Waals surface area contributed by atoms with Gasteiger partial charge in [-0.1, -0.05) is 29.3 Å². The van der Waals surface area contributed by atoms with Crippen molar-refractivity contribution >= 4 is 22.0 Å². The van der Waals surface area contributed by atoms with Crippen LogP contribution in [0.15, 0.2) is 22.7 Å². The fourth-order valence-corrected chi connectivity index (χ4v) is 3.40. The lowest BCUT2D eigenvalue weighted by Gasteiger charge is -2.38. The van der Waals surface area contributed by atoms with Crippen LogP contribution in [0.5, 0.6) is 0 Å². The van der Waals surface area contributed by atoms with Crippen LogP contribution in [0.4, 0.5) is 18.0 Å². The molecule has 0 radical (unpaired) electrons. The molecule has 1 fully saturated rings. The molecule has 0 aromatic heterocycles. The third kappa shape index (κ3) is 6.68. The molecule has 1 aromatic rings. The number of ether oxygens (including phenoxy) is 2. The molecule has 1 aliphatic rings. The summed E-state index contributed by atoms with van der Waals surface area (Å²) in [6.45, 7) is 5.47. The first-order chi connectivity index (χ1) is 12.6. The molecule has 1 aromatic carbocycles. The molecule has 2 rings (SSSR count). The number of carbonyl (C=O) groups excluding carboxylic acids is 1. The van der Waals surface area contributed by atoms with Gasteiger partial charge < -0.3 is 14.4 Å². The highest BCUT2D eigenvalue weighted by Crippen LogP contribution is 2.33. The van der Waals surface area contributed by atoms with E-state index in [4.69, 9.17) is 9.47 Å². The maximum Gasteiger partial charge on any atom is 0.416 e. The fourth-order valence-electron chi connectivity index (χ4n) is 2.86. The number of benzene rings is 1. The van der Waals surface area contributed by atoms with Gasteiger partial charge in [-0.25, -0.2) is 4.79 Å². The molecule has 8 heteroatoms. The van der Waals surface area contributed by atoms with Crippen LogP contribution in [0.2, 0.25) is 0 Å². The quantitative estimate of drug-likeness (QED) is 0.514. The molecule has 0 saturated carbocycles. The average molecular weight is 452 g/mol. The molecule has 0 unspecified atom stereocenters. The van der Waals surface area contributed by atoms with Gasteiger partial charge in [0.15, 0.2) is 0 Å². The largest absolute Gasteiger partial charge is 0.449 e. The maximum atomic E-state index is 12.9. The minimum atomic E-state index is -4.40. The van der Waals surface area contributed by atoms with E-state index in [0.29, 0.717) is 42.6 Å². The Balaban J connectivity index is 1.88. The number of likely N-dealkylation sites (tertiary alicyclic amines) is 1. The van der Waals surface area contributed by atoms with E-state index in [1.54, 1.807) is 11.0 Å². The predicted octanol–water partition coefficient (Wildman–Crippen LogP) is 5.78. The predicted molar refractivity (Wildman–Crippen MR) is 99.4 cm³/mol. The number of halogens is 4. The van der Waals surface area contributed by atoms with Gasteiger partial charge in [-0.2, -0.15) is 13.2 Å². The van der Waals surface area contributed by atoms with Crippen LogP contribution in [0.3, 0.4) is 0 Å². The Labute approximate surface area is 166 Å². The van der Waals surface area contributed by atoms with Gasteiger partial charge in [-0.15, -0.1) is 0 Å². The van der Waals surface area contributed by atoms with Crippen molar-refractivity contribution in [3.63, 3.8) is 0 Å². The second-order valence-corrected chi connectivity index (χ2v) is 7.96. The van der Waals surface area contributed by atoms with Gasteiger partial charge in [-0.05, 0) is 49.9 Å². The topological polar surface area (TPSA) is 38.8 Å². The van der Waals surface area contributed by atoms with Gasteiger partial charge in [0.2, 0.25) is 0 Å². The maximum absolute atomic E-state index is 12.9. The molecule has 4 nitrogen and oxygen atoms in total. The van der Waals surface area contributed by atoms with Gasteiger partial charge in [-0.3, -0.25) is 0 Å². The Kier molecular flexibility index (Phi) is 7.56. The molecular weight excluding hydrogens is 427 g/mol. The second-order valence-electron chi connectivity index (χ2n) is 7.04. The number of rotatable bonds is 6. The summed E-state index contributed by atoms with van der Waals surface area (Å²) in [5, 5.41) is 0. The highest BCUT2D eigenvalue weighted by molar-refractivity contribution is 9.10. The van der Waals surface area contributed by atoms with E-state index in [2.05, 4.69) is 15.9 Å². The van der Waals surface area contributed by atoms with Gasteiger partial charge in [0.25, 0.3) is 0 Å². The van der Waals surface area contributed by atoms with Crippen molar-refractivity contribution in [3.05, 3.63) is 33.8 Å². The van der Waals surface area contributed by atoms with Gasteiger partial charge in [0.1, 0.15) is 0 Å². The number of nitrogens with zero attached hydrogens (tertiary/aromatic N) is 1. The number of unbranched alkanes of at least 4 members (excludes halogenated alkanes) is 1. The molecule has 1 aliphatic heterocycles. The van der Waals surface area contributed by atoms with E-state index in [0.717, 1.165) is 25.0 Å². The standard InChI is InChI=1S/C19H25BrF3NO3/c1-3-4-9-26-17(25)24-7-5-18(2,6-8-24)27-13-14-10-15(19(21,22)23)12-16(20)11-14/h10-12H,3-9,13H2,1-2H3. The van der Waals surface area contributed by atoms with Crippen LogP contribution in [-0.2, 0) is 22.3 Å². The highest BCUT2D eigenvalue weighted by Gasteiger charge is 2.34. The van der Waals surface area contributed by atoms with Crippen LogP contribution >= 0.6 is 15.9 Å². The Morgan fingerprint density at radius 3 is 2.52 bits per heavy atom. The lowest BCUT2D eigenvalue weighted by molar-refractivity contribution is -0.137.